The molecule has 1 fully saturated rings. The van der Waals surface area contributed by atoms with Crippen molar-refractivity contribution in [2.45, 2.75) is 38.8 Å². The van der Waals surface area contributed by atoms with Gasteiger partial charge in [-0.1, -0.05) is 0 Å². The Balaban J connectivity index is 2.64. The second-order valence-electron chi connectivity index (χ2n) is 5.55. The SMILES string of the molecule is CN(C(=O)OC(C)(C)C)C1CCN(CC(=O)O)C1=O. The number of likely N-dealkylation sites (tertiary alicyclic amines) is 1. The molecular weight excluding hydrogens is 252 g/mol. The van der Waals surface area contributed by atoms with E-state index in [2.05, 4.69) is 0 Å². The van der Waals surface area contributed by atoms with E-state index in [1.807, 2.05) is 0 Å². The zero-order valence-electron chi connectivity index (χ0n) is 11.7. The number of amides is 2. The van der Waals surface area contributed by atoms with Crippen LogP contribution in [0.25, 0.3) is 0 Å². The molecule has 0 spiro atoms. The summed E-state index contributed by atoms with van der Waals surface area (Å²) in [6.07, 6.45) is -0.162. The molecule has 0 aromatic carbocycles. The zero-order valence-corrected chi connectivity index (χ0v) is 11.7. The molecule has 0 saturated carbocycles. The maximum absolute atomic E-state index is 12.0. The summed E-state index contributed by atoms with van der Waals surface area (Å²) < 4.78 is 5.18. The number of carbonyl (C=O) groups is 3. The average molecular weight is 272 g/mol. The summed E-state index contributed by atoms with van der Waals surface area (Å²) in [5, 5.41) is 8.68. The van der Waals surface area contributed by atoms with Crippen molar-refractivity contribution in [3.8, 4) is 0 Å². The lowest BCUT2D eigenvalue weighted by Crippen LogP contribution is -2.45. The molecule has 1 rings (SSSR count). The van der Waals surface area contributed by atoms with E-state index in [0.29, 0.717) is 13.0 Å². The van der Waals surface area contributed by atoms with Crippen molar-refractivity contribution in [3.63, 3.8) is 0 Å². The minimum atomic E-state index is -1.06. The number of nitrogens with zero attached hydrogens (tertiary/aromatic N) is 2. The van der Waals surface area contributed by atoms with Gasteiger partial charge in [0.25, 0.3) is 0 Å². The van der Waals surface area contributed by atoms with Crippen molar-refractivity contribution in [2.75, 3.05) is 20.1 Å². The van der Waals surface area contributed by atoms with Crippen LogP contribution in [0.2, 0.25) is 0 Å². The molecule has 19 heavy (non-hydrogen) atoms. The van der Waals surface area contributed by atoms with Crippen molar-refractivity contribution < 1.29 is 24.2 Å². The normalized spacial score (nSPS) is 19.5. The fourth-order valence-corrected chi connectivity index (χ4v) is 1.86. The van der Waals surface area contributed by atoms with Crippen molar-refractivity contribution in [1.82, 2.24) is 9.80 Å². The topological polar surface area (TPSA) is 87.2 Å². The van der Waals surface area contributed by atoms with Gasteiger partial charge in [-0.05, 0) is 27.2 Å². The van der Waals surface area contributed by atoms with Gasteiger partial charge in [0.05, 0.1) is 0 Å². The van der Waals surface area contributed by atoms with Gasteiger partial charge in [-0.2, -0.15) is 0 Å². The third-order valence-corrected chi connectivity index (χ3v) is 2.74. The van der Waals surface area contributed by atoms with E-state index in [1.165, 1.54) is 16.8 Å². The molecule has 1 aliphatic heterocycles. The van der Waals surface area contributed by atoms with E-state index < -0.39 is 23.7 Å². The monoisotopic (exact) mass is 272 g/mol. The first-order chi connectivity index (χ1) is 8.61. The van der Waals surface area contributed by atoms with E-state index in [0.717, 1.165) is 0 Å². The quantitative estimate of drug-likeness (QED) is 0.810. The van der Waals surface area contributed by atoms with Crippen molar-refractivity contribution in [3.05, 3.63) is 0 Å². The summed E-state index contributed by atoms with van der Waals surface area (Å²) in [6.45, 7) is 5.23. The zero-order chi connectivity index (χ0) is 14.8. The number of carbonyl (C=O) groups excluding carboxylic acids is 2. The molecule has 1 heterocycles. The summed E-state index contributed by atoms with van der Waals surface area (Å²) in [7, 11) is 1.49. The number of aliphatic carboxylic acids is 1. The van der Waals surface area contributed by atoms with Crippen molar-refractivity contribution in [2.24, 2.45) is 0 Å². The van der Waals surface area contributed by atoms with Crippen LogP contribution >= 0.6 is 0 Å². The molecule has 0 radical (unpaired) electrons. The second-order valence-corrected chi connectivity index (χ2v) is 5.55. The number of rotatable bonds is 3. The molecule has 1 N–H and O–H groups in total. The fraction of sp³-hybridized carbons (Fsp3) is 0.750. The Morgan fingerprint density at radius 1 is 1.47 bits per heavy atom. The van der Waals surface area contributed by atoms with Gasteiger partial charge in [0.15, 0.2) is 0 Å². The molecule has 1 atom stereocenters. The van der Waals surface area contributed by atoms with Crippen molar-refractivity contribution in [1.29, 1.82) is 0 Å². The Hall–Kier alpha value is -1.79. The lowest BCUT2D eigenvalue weighted by Gasteiger charge is -2.27. The Morgan fingerprint density at radius 3 is 2.53 bits per heavy atom. The molecule has 1 unspecified atom stereocenters. The molecule has 0 bridgehead atoms. The maximum atomic E-state index is 12.0. The highest BCUT2D eigenvalue weighted by molar-refractivity contribution is 5.89. The molecule has 2 amide bonds. The first-order valence-electron chi connectivity index (χ1n) is 6.08. The second kappa shape index (κ2) is 5.46. The smallest absolute Gasteiger partial charge is 0.410 e. The van der Waals surface area contributed by atoms with Gasteiger partial charge in [0, 0.05) is 13.6 Å². The third kappa shape index (κ3) is 4.11. The first kappa shape index (κ1) is 15.3. The molecule has 0 aromatic heterocycles. The van der Waals surface area contributed by atoms with Gasteiger partial charge in [-0.25, -0.2) is 4.79 Å². The van der Waals surface area contributed by atoms with Crippen LogP contribution < -0.4 is 0 Å². The number of ether oxygens (including phenoxy) is 1. The van der Waals surface area contributed by atoms with Gasteiger partial charge in [-0.15, -0.1) is 0 Å². The Bertz CT molecular complexity index is 388. The summed E-state index contributed by atoms with van der Waals surface area (Å²) >= 11 is 0. The van der Waals surface area contributed by atoms with Crippen LogP contribution in [-0.2, 0) is 14.3 Å². The Labute approximate surface area is 112 Å². The minimum Gasteiger partial charge on any atom is -0.480 e. The molecule has 1 aliphatic rings. The Morgan fingerprint density at radius 2 is 2.05 bits per heavy atom. The predicted molar refractivity (Wildman–Crippen MR) is 66.6 cm³/mol. The summed E-state index contributed by atoms with van der Waals surface area (Å²) in [5.74, 6) is -1.41. The van der Waals surface area contributed by atoms with Gasteiger partial charge in [0.1, 0.15) is 18.2 Å². The lowest BCUT2D eigenvalue weighted by atomic mass is 10.2. The van der Waals surface area contributed by atoms with E-state index in [-0.39, 0.29) is 12.5 Å². The lowest BCUT2D eigenvalue weighted by molar-refractivity contribution is -0.143. The molecule has 0 aromatic rings. The number of hydrogen-bond acceptors (Lipinski definition) is 4. The number of hydrogen-bond donors (Lipinski definition) is 1. The molecular formula is C12H20N2O5. The summed E-state index contributed by atoms with van der Waals surface area (Å²) in [4.78, 5) is 36.9. The average Bonchev–Trinajstić information content (AvgIpc) is 2.56. The fourth-order valence-electron chi connectivity index (χ4n) is 1.86. The highest BCUT2D eigenvalue weighted by Gasteiger charge is 2.38. The summed E-state index contributed by atoms with van der Waals surface area (Å²) in [5.41, 5.74) is -0.631. The highest BCUT2D eigenvalue weighted by Crippen LogP contribution is 2.18. The van der Waals surface area contributed by atoms with Crippen LogP contribution in [0.1, 0.15) is 27.2 Å². The minimum absolute atomic E-state index is 0.336. The van der Waals surface area contributed by atoms with E-state index >= 15 is 0 Å². The van der Waals surface area contributed by atoms with E-state index in [1.54, 1.807) is 20.8 Å². The van der Waals surface area contributed by atoms with Crippen LogP contribution in [0.5, 0.6) is 0 Å². The van der Waals surface area contributed by atoms with Crippen LogP contribution in [-0.4, -0.2) is 64.7 Å². The Kier molecular flexibility index (Phi) is 4.39. The summed E-state index contributed by atoms with van der Waals surface area (Å²) in [6, 6.07) is -0.644. The first-order valence-corrected chi connectivity index (χ1v) is 6.08. The van der Waals surface area contributed by atoms with Crippen LogP contribution in [0, 0.1) is 0 Å². The van der Waals surface area contributed by atoms with E-state index in [4.69, 9.17) is 9.84 Å². The van der Waals surface area contributed by atoms with Gasteiger partial charge in [0.2, 0.25) is 5.91 Å². The number of carboxylic acids is 1. The molecule has 7 nitrogen and oxygen atoms in total. The number of carboxylic acid groups (broad SMARTS) is 1. The van der Waals surface area contributed by atoms with Crippen LogP contribution in [0.15, 0.2) is 0 Å². The third-order valence-electron chi connectivity index (χ3n) is 2.74. The molecule has 1 saturated heterocycles. The van der Waals surface area contributed by atoms with E-state index in [9.17, 15) is 14.4 Å². The molecule has 7 heteroatoms. The maximum Gasteiger partial charge on any atom is 0.410 e. The van der Waals surface area contributed by atoms with Gasteiger partial charge in [-0.3, -0.25) is 14.5 Å². The number of likely N-dealkylation sites (N-methyl/N-ethyl adjacent to an activating group) is 1. The van der Waals surface area contributed by atoms with Crippen LogP contribution in [0.3, 0.4) is 0 Å². The largest absolute Gasteiger partial charge is 0.480 e. The van der Waals surface area contributed by atoms with Gasteiger partial charge < -0.3 is 14.7 Å². The predicted octanol–water partition coefficient (Wildman–Crippen LogP) is 0.539. The molecule has 108 valence electrons. The highest BCUT2D eigenvalue weighted by atomic mass is 16.6. The van der Waals surface area contributed by atoms with Crippen LogP contribution in [0.4, 0.5) is 4.79 Å². The standard InChI is InChI=1S/C12H20N2O5/c1-12(2,3)19-11(18)13(4)8-5-6-14(10(8)17)7-9(15)16/h8H,5-7H2,1-4H3,(H,15,16). The van der Waals surface area contributed by atoms with Crippen molar-refractivity contribution >= 4 is 18.0 Å². The van der Waals surface area contributed by atoms with Gasteiger partial charge >= 0.3 is 12.1 Å². The molecule has 0 aliphatic carbocycles.